The number of imide groups is 1. The minimum Gasteiger partial charge on any atom is -0.481 e. The molecule has 2 atom stereocenters. The molecule has 2 amide bonds. The largest absolute Gasteiger partial charge is 0.481 e. The molecule has 3 aliphatic rings. The van der Waals surface area contributed by atoms with Crippen LogP contribution in [0.2, 0.25) is 0 Å². The first-order chi connectivity index (χ1) is 13.8. The zero-order chi connectivity index (χ0) is 22.5. The van der Waals surface area contributed by atoms with Crippen LogP contribution in [0.25, 0.3) is 0 Å². The summed E-state index contributed by atoms with van der Waals surface area (Å²) in [4.78, 5) is 50.1. The van der Waals surface area contributed by atoms with Crippen molar-refractivity contribution in [2.45, 2.75) is 45.7 Å². The Morgan fingerprint density at radius 3 is 2.17 bits per heavy atom. The number of amides is 2. The minimum atomic E-state index is -4.67. The van der Waals surface area contributed by atoms with Crippen molar-refractivity contribution in [3.8, 4) is 0 Å². The number of aliphatic carboxylic acids is 1. The van der Waals surface area contributed by atoms with Crippen LogP contribution in [0.5, 0.6) is 0 Å². The molecule has 0 unspecified atom stereocenters. The number of carbonyl (C=O) groups excluding carboxylic acids is 3. The summed E-state index contributed by atoms with van der Waals surface area (Å²) in [5.74, 6) is -4.24. The molecule has 30 heavy (non-hydrogen) atoms. The fraction of sp³-hybridized carbons (Fsp3) is 0.600. The molecule has 1 heterocycles. The van der Waals surface area contributed by atoms with Crippen molar-refractivity contribution in [1.82, 2.24) is 4.90 Å². The van der Waals surface area contributed by atoms with Crippen LogP contribution in [0.3, 0.4) is 0 Å². The Kier molecular flexibility index (Phi) is 5.32. The normalized spacial score (nSPS) is 28.2. The molecule has 0 saturated heterocycles. The summed E-state index contributed by atoms with van der Waals surface area (Å²) in [6, 6.07) is 0. The first-order valence-electron chi connectivity index (χ1n) is 9.56. The van der Waals surface area contributed by atoms with E-state index in [-0.39, 0.29) is 6.54 Å². The molecule has 0 aromatic carbocycles. The van der Waals surface area contributed by atoms with Crippen LogP contribution in [0.15, 0.2) is 23.3 Å². The fourth-order valence-corrected chi connectivity index (χ4v) is 4.64. The van der Waals surface area contributed by atoms with E-state index >= 15 is 0 Å². The SMILES string of the molecule is CC1(C)[C@@H](C=CC(=O)OCC(F)(F)F)[C@@]1(CN1C(=O)C2=C(CCCC2)C1=O)C(=O)O. The van der Waals surface area contributed by atoms with Gasteiger partial charge in [0.1, 0.15) is 0 Å². The number of carbonyl (C=O) groups is 4. The summed E-state index contributed by atoms with van der Waals surface area (Å²) >= 11 is 0. The van der Waals surface area contributed by atoms with Crippen molar-refractivity contribution in [3.63, 3.8) is 0 Å². The Morgan fingerprint density at radius 2 is 1.70 bits per heavy atom. The molecule has 3 rings (SSSR count). The van der Waals surface area contributed by atoms with E-state index in [2.05, 4.69) is 4.74 Å². The van der Waals surface area contributed by atoms with Crippen molar-refractivity contribution in [2.24, 2.45) is 16.7 Å². The average molecular weight is 429 g/mol. The molecule has 0 radical (unpaired) electrons. The van der Waals surface area contributed by atoms with E-state index < -0.39 is 53.3 Å². The second-order valence-electron chi connectivity index (χ2n) is 8.42. The highest BCUT2D eigenvalue weighted by Gasteiger charge is 2.75. The number of carboxylic acids is 1. The molecule has 2 aliphatic carbocycles. The predicted octanol–water partition coefficient (Wildman–Crippen LogP) is 2.61. The van der Waals surface area contributed by atoms with Crippen molar-refractivity contribution in [3.05, 3.63) is 23.3 Å². The summed E-state index contributed by atoms with van der Waals surface area (Å²) in [5.41, 5.74) is -1.61. The van der Waals surface area contributed by atoms with Gasteiger partial charge < -0.3 is 9.84 Å². The summed E-state index contributed by atoms with van der Waals surface area (Å²) in [6.45, 7) is 1.10. The van der Waals surface area contributed by atoms with Crippen molar-refractivity contribution >= 4 is 23.8 Å². The van der Waals surface area contributed by atoms with Gasteiger partial charge in [0.2, 0.25) is 0 Å². The number of esters is 1. The highest BCUT2D eigenvalue weighted by molar-refractivity contribution is 6.19. The Labute approximate surface area is 170 Å². The monoisotopic (exact) mass is 429 g/mol. The zero-order valence-electron chi connectivity index (χ0n) is 16.5. The molecule has 0 bridgehead atoms. The van der Waals surface area contributed by atoms with Crippen LogP contribution < -0.4 is 0 Å². The first-order valence-corrected chi connectivity index (χ1v) is 9.56. The number of halogens is 3. The summed E-state index contributed by atoms with van der Waals surface area (Å²) in [7, 11) is 0. The number of ether oxygens (including phenoxy) is 1. The van der Waals surface area contributed by atoms with Crippen LogP contribution >= 0.6 is 0 Å². The van der Waals surface area contributed by atoms with Crippen LogP contribution in [-0.4, -0.2) is 53.1 Å². The Morgan fingerprint density at radius 1 is 1.17 bits per heavy atom. The zero-order valence-corrected chi connectivity index (χ0v) is 16.5. The van der Waals surface area contributed by atoms with E-state index in [1.54, 1.807) is 13.8 Å². The van der Waals surface area contributed by atoms with Gasteiger partial charge in [0.15, 0.2) is 6.61 Å². The van der Waals surface area contributed by atoms with Gasteiger partial charge in [-0.25, -0.2) is 4.79 Å². The van der Waals surface area contributed by atoms with Gasteiger partial charge in [-0.3, -0.25) is 19.3 Å². The number of alkyl halides is 3. The molecule has 0 aromatic heterocycles. The van der Waals surface area contributed by atoms with Crippen LogP contribution in [0, 0.1) is 16.7 Å². The second kappa shape index (κ2) is 7.24. The molecular formula is C20H22F3NO6. The topological polar surface area (TPSA) is 101 Å². The first kappa shape index (κ1) is 22.0. The third kappa shape index (κ3) is 3.52. The van der Waals surface area contributed by atoms with E-state index in [0.29, 0.717) is 24.0 Å². The van der Waals surface area contributed by atoms with Gasteiger partial charge >= 0.3 is 18.1 Å². The van der Waals surface area contributed by atoms with Crippen LogP contribution in [-0.2, 0) is 23.9 Å². The maximum absolute atomic E-state index is 12.7. The van der Waals surface area contributed by atoms with Gasteiger partial charge in [-0.2, -0.15) is 13.2 Å². The number of hydrogen-bond acceptors (Lipinski definition) is 5. The third-order valence-corrected chi connectivity index (χ3v) is 6.44. The lowest BCUT2D eigenvalue weighted by Crippen LogP contribution is -2.42. The van der Waals surface area contributed by atoms with Gasteiger partial charge in [-0.15, -0.1) is 0 Å². The Bertz CT molecular complexity index is 844. The van der Waals surface area contributed by atoms with Crippen molar-refractivity contribution < 1.29 is 42.2 Å². The molecule has 1 saturated carbocycles. The van der Waals surface area contributed by atoms with E-state index in [1.165, 1.54) is 6.08 Å². The summed E-state index contributed by atoms with van der Waals surface area (Å²) in [6.07, 6.45) is -0.192. The van der Waals surface area contributed by atoms with Gasteiger partial charge in [0.05, 0.1) is 5.41 Å². The van der Waals surface area contributed by atoms with Crippen LogP contribution in [0.1, 0.15) is 39.5 Å². The Balaban J connectivity index is 1.77. The number of rotatable bonds is 6. The maximum atomic E-state index is 12.7. The molecule has 0 aromatic rings. The van der Waals surface area contributed by atoms with Gasteiger partial charge in [-0.05, 0) is 31.1 Å². The highest BCUT2D eigenvalue weighted by Crippen LogP contribution is 2.70. The molecular weight excluding hydrogens is 407 g/mol. The molecule has 7 nitrogen and oxygen atoms in total. The highest BCUT2D eigenvalue weighted by atomic mass is 19.4. The molecule has 1 N–H and O–H groups in total. The summed E-state index contributed by atoms with van der Waals surface area (Å²) in [5, 5.41) is 9.91. The lowest BCUT2D eigenvalue weighted by Gasteiger charge is -2.22. The number of nitrogens with zero attached hydrogens (tertiary/aromatic N) is 1. The number of allylic oxidation sites excluding steroid dienone is 1. The van der Waals surface area contributed by atoms with Crippen LogP contribution in [0.4, 0.5) is 13.2 Å². The standard InChI is InChI=1S/C20H22F3NO6/c1-18(2)13(7-8-14(25)30-10-20(21,22)23)19(18,17(28)29)9-24-15(26)11-5-3-4-6-12(11)16(24)27/h7-8,13H,3-6,9-10H2,1-2H3,(H,28,29)/t13-,19+/m1/s1. The van der Waals surface area contributed by atoms with E-state index in [9.17, 15) is 37.5 Å². The van der Waals surface area contributed by atoms with E-state index in [1.807, 2.05) is 0 Å². The quantitative estimate of drug-likeness (QED) is 0.396. The van der Waals surface area contributed by atoms with Gasteiger partial charge in [0, 0.05) is 29.7 Å². The smallest absolute Gasteiger partial charge is 0.422 e. The molecule has 1 aliphatic heterocycles. The third-order valence-electron chi connectivity index (χ3n) is 6.44. The number of carboxylic acid groups (broad SMARTS) is 1. The fourth-order valence-electron chi connectivity index (χ4n) is 4.64. The summed E-state index contributed by atoms with van der Waals surface area (Å²) < 4.78 is 40.6. The lowest BCUT2D eigenvalue weighted by atomic mass is 9.93. The molecule has 164 valence electrons. The second-order valence-corrected chi connectivity index (χ2v) is 8.42. The molecule has 0 spiro atoms. The van der Waals surface area contributed by atoms with E-state index in [4.69, 9.17) is 0 Å². The van der Waals surface area contributed by atoms with Gasteiger partial charge in [-0.1, -0.05) is 19.9 Å². The predicted molar refractivity (Wildman–Crippen MR) is 95.7 cm³/mol. The molecule has 1 fully saturated rings. The molecule has 10 heteroatoms. The average Bonchev–Trinajstić information content (AvgIpc) is 3.04. The minimum absolute atomic E-state index is 0.368. The lowest BCUT2D eigenvalue weighted by molar-refractivity contribution is -0.182. The van der Waals surface area contributed by atoms with Crippen molar-refractivity contribution in [1.29, 1.82) is 0 Å². The van der Waals surface area contributed by atoms with Crippen molar-refractivity contribution in [2.75, 3.05) is 13.2 Å². The number of hydrogen-bond donors (Lipinski definition) is 1. The maximum Gasteiger partial charge on any atom is 0.422 e. The Hall–Kier alpha value is -2.65. The van der Waals surface area contributed by atoms with Gasteiger partial charge in [0.25, 0.3) is 11.8 Å². The van der Waals surface area contributed by atoms with E-state index in [0.717, 1.165) is 23.8 Å².